The van der Waals surface area contributed by atoms with Crippen LogP contribution in [-0.4, -0.2) is 11.7 Å². The van der Waals surface area contributed by atoms with Gasteiger partial charge in [0, 0.05) is 6.61 Å². The zero-order valence-electron chi connectivity index (χ0n) is 16.5. The summed E-state index contributed by atoms with van der Waals surface area (Å²) >= 11 is 0. The lowest BCUT2D eigenvalue weighted by atomic mass is 10.1. The van der Waals surface area contributed by atoms with Gasteiger partial charge < -0.3 is 5.11 Å². The zero-order valence-corrected chi connectivity index (χ0v) is 16.5. The normalized spacial score (nSPS) is 11.9. The number of unbranched alkanes of at least 4 members (excludes halogenated alkanes) is 15. The van der Waals surface area contributed by atoms with Gasteiger partial charge in [0.2, 0.25) is 0 Å². The molecule has 0 bridgehead atoms. The molecule has 0 heterocycles. The molecule has 0 fully saturated rings. The molecule has 0 radical (unpaired) electrons. The first-order chi connectivity index (χ1) is 11.9. The van der Waals surface area contributed by atoms with E-state index in [1.54, 1.807) is 0 Å². The molecule has 0 saturated heterocycles. The van der Waals surface area contributed by atoms with Crippen LogP contribution in [0.3, 0.4) is 0 Å². The highest BCUT2D eigenvalue weighted by Crippen LogP contribution is 2.10. The van der Waals surface area contributed by atoms with E-state index >= 15 is 0 Å². The van der Waals surface area contributed by atoms with Gasteiger partial charge in [-0.2, -0.15) is 0 Å². The molecule has 0 atom stereocenters. The molecule has 0 aromatic rings. The van der Waals surface area contributed by atoms with Crippen LogP contribution < -0.4 is 0 Å². The Balaban J connectivity index is 3.15. The maximum Gasteiger partial charge on any atom is 0.0431 e. The van der Waals surface area contributed by atoms with Crippen molar-refractivity contribution in [3.05, 3.63) is 24.3 Å². The van der Waals surface area contributed by atoms with E-state index in [1.165, 1.54) is 103 Å². The van der Waals surface area contributed by atoms with E-state index in [1.807, 2.05) is 0 Å². The van der Waals surface area contributed by atoms with Crippen LogP contribution in [-0.2, 0) is 0 Å². The molecule has 0 amide bonds. The van der Waals surface area contributed by atoms with Crippen molar-refractivity contribution in [2.24, 2.45) is 0 Å². The van der Waals surface area contributed by atoms with E-state index in [9.17, 15) is 0 Å². The minimum absolute atomic E-state index is 0.358. The molecule has 1 heteroatoms. The second-order valence-corrected chi connectivity index (χ2v) is 7.11. The number of rotatable bonds is 19. The van der Waals surface area contributed by atoms with Crippen LogP contribution in [0.2, 0.25) is 0 Å². The lowest BCUT2D eigenvalue weighted by molar-refractivity contribution is 0.282. The maximum atomic E-state index is 8.70. The third-order valence-corrected chi connectivity index (χ3v) is 4.64. The van der Waals surface area contributed by atoms with E-state index in [-0.39, 0.29) is 0 Å². The predicted octanol–water partition coefficient (Wildman–Crippen LogP) is 7.74. The number of hydrogen-bond acceptors (Lipinski definition) is 1. The molecule has 0 aliphatic rings. The Morgan fingerprint density at radius 3 is 1.29 bits per heavy atom. The van der Waals surface area contributed by atoms with Crippen molar-refractivity contribution in [2.45, 2.75) is 116 Å². The summed E-state index contributed by atoms with van der Waals surface area (Å²) in [4.78, 5) is 0. The molecule has 24 heavy (non-hydrogen) atoms. The van der Waals surface area contributed by atoms with E-state index in [2.05, 4.69) is 31.2 Å². The number of allylic oxidation sites excluding steroid dienone is 4. The van der Waals surface area contributed by atoms with E-state index in [0.29, 0.717) is 6.61 Å². The second kappa shape index (κ2) is 22.4. The minimum Gasteiger partial charge on any atom is -0.396 e. The van der Waals surface area contributed by atoms with Crippen molar-refractivity contribution in [1.29, 1.82) is 0 Å². The average molecular weight is 337 g/mol. The molecule has 1 N–H and O–H groups in total. The molecule has 0 spiro atoms. The monoisotopic (exact) mass is 336 g/mol. The van der Waals surface area contributed by atoms with Gasteiger partial charge in [0.05, 0.1) is 0 Å². The Hall–Kier alpha value is -0.560. The van der Waals surface area contributed by atoms with E-state index in [4.69, 9.17) is 5.11 Å². The highest BCUT2D eigenvalue weighted by atomic mass is 16.2. The smallest absolute Gasteiger partial charge is 0.0431 e. The zero-order chi connectivity index (χ0) is 17.6. The Morgan fingerprint density at radius 1 is 0.500 bits per heavy atom. The summed E-state index contributed by atoms with van der Waals surface area (Å²) in [6, 6.07) is 0. The first kappa shape index (κ1) is 23.4. The first-order valence-corrected chi connectivity index (χ1v) is 10.8. The average Bonchev–Trinajstić information content (AvgIpc) is 2.60. The van der Waals surface area contributed by atoms with Gasteiger partial charge in [-0.15, -0.1) is 0 Å². The molecule has 0 saturated carbocycles. The van der Waals surface area contributed by atoms with Gasteiger partial charge in [-0.1, -0.05) is 108 Å². The predicted molar refractivity (Wildman–Crippen MR) is 110 cm³/mol. The van der Waals surface area contributed by atoms with Gasteiger partial charge >= 0.3 is 0 Å². The standard InChI is InChI=1S/C23H44O/c1-2-3-4-5-6-7-8-9-10-11-12-13-14-15-16-17-18-19-20-21-22-23-24/h11-14,24H,2-10,15-23H2,1H3. The van der Waals surface area contributed by atoms with Gasteiger partial charge in [-0.05, 0) is 32.1 Å². The molecule has 0 aliphatic carbocycles. The molecule has 1 nitrogen and oxygen atoms in total. The third kappa shape index (κ3) is 21.4. The summed E-state index contributed by atoms with van der Waals surface area (Å²) in [5.41, 5.74) is 0. The number of hydrogen-bond donors (Lipinski definition) is 1. The van der Waals surface area contributed by atoms with Crippen LogP contribution in [0, 0.1) is 0 Å². The highest BCUT2D eigenvalue weighted by Gasteiger charge is 1.91. The summed E-state index contributed by atoms with van der Waals surface area (Å²) in [6.45, 7) is 2.64. The van der Waals surface area contributed by atoms with Crippen LogP contribution in [0.1, 0.15) is 116 Å². The van der Waals surface area contributed by atoms with Gasteiger partial charge in [-0.25, -0.2) is 0 Å². The van der Waals surface area contributed by atoms with Crippen molar-refractivity contribution >= 4 is 0 Å². The van der Waals surface area contributed by atoms with Crippen molar-refractivity contribution < 1.29 is 5.11 Å². The molecule has 142 valence electrons. The first-order valence-electron chi connectivity index (χ1n) is 10.8. The molecular formula is C23H44O. The topological polar surface area (TPSA) is 20.2 Å². The summed E-state index contributed by atoms with van der Waals surface area (Å²) < 4.78 is 0. The van der Waals surface area contributed by atoms with Crippen LogP contribution in [0.15, 0.2) is 24.3 Å². The van der Waals surface area contributed by atoms with Gasteiger partial charge in [0.15, 0.2) is 0 Å². The van der Waals surface area contributed by atoms with Crippen molar-refractivity contribution in [2.75, 3.05) is 6.61 Å². The third-order valence-electron chi connectivity index (χ3n) is 4.64. The Kier molecular flexibility index (Phi) is 21.9. The maximum absolute atomic E-state index is 8.70. The van der Waals surface area contributed by atoms with Crippen molar-refractivity contribution in [3.63, 3.8) is 0 Å². The minimum atomic E-state index is 0.358. The second-order valence-electron chi connectivity index (χ2n) is 7.11. The quantitative estimate of drug-likeness (QED) is 0.189. The Labute approximate surface area is 152 Å². The van der Waals surface area contributed by atoms with Gasteiger partial charge in [-0.3, -0.25) is 0 Å². The molecule has 0 aromatic carbocycles. The Bertz CT molecular complexity index is 239. The lowest BCUT2D eigenvalue weighted by Crippen LogP contribution is -1.83. The number of aliphatic hydroxyl groups excluding tert-OH is 1. The van der Waals surface area contributed by atoms with Gasteiger partial charge in [0.1, 0.15) is 0 Å². The summed E-state index contributed by atoms with van der Waals surface area (Å²) in [5.74, 6) is 0. The summed E-state index contributed by atoms with van der Waals surface area (Å²) in [6.07, 6.45) is 31.7. The molecule has 0 unspecified atom stereocenters. The fourth-order valence-corrected chi connectivity index (χ4v) is 3.00. The van der Waals surface area contributed by atoms with Crippen molar-refractivity contribution in [3.8, 4) is 0 Å². The van der Waals surface area contributed by atoms with Crippen LogP contribution in [0.4, 0.5) is 0 Å². The van der Waals surface area contributed by atoms with Crippen molar-refractivity contribution in [1.82, 2.24) is 0 Å². The fraction of sp³-hybridized carbons (Fsp3) is 0.826. The van der Waals surface area contributed by atoms with Crippen LogP contribution in [0.5, 0.6) is 0 Å². The Morgan fingerprint density at radius 2 is 0.875 bits per heavy atom. The number of aliphatic hydroxyl groups is 1. The molecular weight excluding hydrogens is 292 g/mol. The van der Waals surface area contributed by atoms with E-state index in [0.717, 1.165) is 6.42 Å². The summed E-state index contributed by atoms with van der Waals surface area (Å²) in [5, 5.41) is 8.70. The fourth-order valence-electron chi connectivity index (χ4n) is 3.00. The van der Waals surface area contributed by atoms with Crippen LogP contribution >= 0.6 is 0 Å². The highest BCUT2D eigenvalue weighted by molar-refractivity contribution is 5.02. The van der Waals surface area contributed by atoms with Gasteiger partial charge in [0.25, 0.3) is 0 Å². The molecule has 0 rings (SSSR count). The van der Waals surface area contributed by atoms with Crippen LogP contribution in [0.25, 0.3) is 0 Å². The lowest BCUT2D eigenvalue weighted by Gasteiger charge is -1.99. The van der Waals surface area contributed by atoms with E-state index < -0.39 is 0 Å². The molecule has 0 aromatic heterocycles. The summed E-state index contributed by atoms with van der Waals surface area (Å²) in [7, 11) is 0. The SMILES string of the molecule is CCCCCCCCCCC=CC=CCCCCCCCCCO. The largest absolute Gasteiger partial charge is 0.396 e. The molecule has 0 aliphatic heterocycles.